The number of rotatable bonds is 5. The lowest BCUT2D eigenvalue weighted by Crippen LogP contribution is -2.61. The van der Waals surface area contributed by atoms with Crippen LogP contribution in [-0.4, -0.2) is 34.8 Å². The molecule has 1 fully saturated rings. The van der Waals surface area contributed by atoms with Crippen molar-refractivity contribution in [2.75, 3.05) is 20.0 Å². The van der Waals surface area contributed by atoms with Crippen molar-refractivity contribution in [1.29, 1.82) is 0 Å². The standard InChI is InChI=1S/C14H22N2O4S/c1-14(2)12(8-13(14)20-4)16-21(17,18)11-7-9(15)5-6-10(11)19-3/h5-7,12-13,16H,8,15H2,1-4H3. The number of nitrogens with one attached hydrogen (secondary N) is 1. The fourth-order valence-electron chi connectivity index (χ4n) is 2.64. The molecule has 1 aromatic carbocycles. The Kier molecular flexibility index (Phi) is 4.19. The Labute approximate surface area is 125 Å². The molecule has 2 atom stereocenters. The van der Waals surface area contributed by atoms with Gasteiger partial charge in [-0.05, 0) is 24.6 Å². The molecule has 3 N–H and O–H groups in total. The van der Waals surface area contributed by atoms with E-state index in [2.05, 4.69) is 4.72 Å². The fourth-order valence-corrected chi connectivity index (χ4v) is 4.25. The summed E-state index contributed by atoms with van der Waals surface area (Å²) in [5, 5.41) is 0. The first-order valence-corrected chi connectivity index (χ1v) is 8.19. The molecule has 1 aliphatic rings. The van der Waals surface area contributed by atoms with E-state index in [0.29, 0.717) is 12.1 Å². The third-order valence-corrected chi connectivity index (χ3v) is 5.73. The smallest absolute Gasteiger partial charge is 0.244 e. The highest BCUT2D eigenvalue weighted by Crippen LogP contribution is 2.43. The first kappa shape index (κ1) is 16.1. The lowest BCUT2D eigenvalue weighted by atomic mass is 9.65. The van der Waals surface area contributed by atoms with Crippen LogP contribution in [0.5, 0.6) is 5.75 Å². The van der Waals surface area contributed by atoms with E-state index < -0.39 is 10.0 Å². The second kappa shape index (κ2) is 5.47. The minimum Gasteiger partial charge on any atom is -0.495 e. The summed E-state index contributed by atoms with van der Waals surface area (Å²) in [6, 6.07) is 4.37. The van der Waals surface area contributed by atoms with Gasteiger partial charge in [-0.25, -0.2) is 13.1 Å². The van der Waals surface area contributed by atoms with Crippen LogP contribution in [0.1, 0.15) is 20.3 Å². The molecular formula is C14H22N2O4S. The summed E-state index contributed by atoms with van der Waals surface area (Å²) < 4.78 is 38.3. The summed E-state index contributed by atoms with van der Waals surface area (Å²) in [5.41, 5.74) is 5.80. The number of nitrogens with two attached hydrogens (primary N) is 1. The van der Waals surface area contributed by atoms with Crippen LogP contribution in [0.4, 0.5) is 5.69 Å². The molecule has 1 aliphatic carbocycles. The predicted octanol–water partition coefficient (Wildman–Crippen LogP) is 1.37. The normalized spacial score (nSPS) is 24.4. The van der Waals surface area contributed by atoms with Gasteiger partial charge in [0.1, 0.15) is 10.6 Å². The Morgan fingerprint density at radius 1 is 1.33 bits per heavy atom. The number of methoxy groups -OCH3 is 2. The number of hydrogen-bond donors (Lipinski definition) is 2. The molecule has 6 nitrogen and oxygen atoms in total. The Morgan fingerprint density at radius 3 is 2.52 bits per heavy atom. The van der Waals surface area contributed by atoms with Crippen molar-refractivity contribution in [1.82, 2.24) is 4.72 Å². The van der Waals surface area contributed by atoms with Crippen LogP contribution in [0.3, 0.4) is 0 Å². The van der Waals surface area contributed by atoms with Gasteiger partial charge >= 0.3 is 0 Å². The van der Waals surface area contributed by atoms with Crippen molar-refractivity contribution in [3.63, 3.8) is 0 Å². The zero-order valence-electron chi connectivity index (χ0n) is 12.7. The van der Waals surface area contributed by atoms with E-state index in [0.717, 1.165) is 0 Å². The van der Waals surface area contributed by atoms with E-state index in [-0.39, 0.29) is 28.2 Å². The number of nitrogen functional groups attached to an aromatic ring is 1. The Balaban J connectivity index is 2.26. The molecule has 2 rings (SSSR count). The molecule has 0 bridgehead atoms. The molecule has 0 saturated heterocycles. The molecule has 118 valence electrons. The molecule has 0 radical (unpaired) electrons. The lowest BCUT2D eigenvalue weighted by molar-refractivity contribution is -0.0908. The second-order valence-corrected chi connectivity index (χ2v) is 7.55. The zero-order chi connectivity index (χ0) is 15.8. The number of ether oxygens (including phenoxy) is 2. The second-order valence-electron chi connectivity index (χ2n) is 5.87. The van der Waals surface area contributed by atoms with Crippen LogP contribution in [-0.2, 0) is 14.8 Å². The van der Waals surface area contributed by atoms with Crippen molar-refractivity contribution >= 4 is 15.7 Å². The molecular weight excluding hydrogens is 292 g/mol. The molecule has 1 aromatic rings. The highest BCUT2D eigenvalue weighted by molar-refractivity contribution is 7.89. The third-order valence-electron chi connectivity index (χ3n) is 4.24. The maximum Gasteiger partial charge on any atom is 0.244 e. The fraction of sp³-hybridized carbons (Fsp3) is 0.571. The van der Waals surface area contributed by atoms with Crippen molar-refractivity contribution in [2.45, 2.75) is 37.3 Å². The van der Waals surface area contributed by atoms with Crippen LogP contribution in [0, 0.1) is 5.41 Å². The molecule has 0 spiro atoms. The summed E-state index contributed by atoms with van der Waals surface area (Å²) in [4.78, 5) is 0.0571. The van der Waals surface area contributed by atoms with E-state index in [1.807, 2.05) is 13.8 Å². The van der Waals surface area contributed by atoms with Gasteiger partial charge in [-0.2, -0.15) is 0 Å². The minimum atomic E-state index is -3.70. The zero-order valence-corrected chi connectivity index (χ0v) is 13.5. The minimum absolute atomic E-state index is 0.0490. The molecule has 7 heteroatoms. The first-order valence-electron chi connectivity index (χ1n) is 6.71. The van der Waals surface area contributed by atoms with E-state index >= 15 is 0 Å². The third kappa shape index (κ3) is 2.86. The summed E-state index contributed by atoms with van der Waals surface area (Å²) in [5.74, 6) is 0.275. The predicted molar refractivity (Wildman–Crippen MR) is 80.7 cm³/mol. The van der Waals surface area contributed by atoms with Crippen molar-refractivity contribution in [3.8, 4) is 5.75 Å². The summed E-state index contributed by atoms with van der Waals surface area (Å²) >= 11 is 0. The van der Waals surface area contributed by atoms with Crippen LogP contribution < -0.4 is 15.2 Å². The maximum atomic E-state index is 12.6. The van der Waals surface area contributed by atoms with Gasteiger partial charge in [0.15, 0.2) is 0 Å². The van der Waals surface area contributed by atoms with E-state index in [1.54, 1.807) is 19.2 Å². The van der Waals surface area contributed by atoms with Gasteiger partial charge in [0, 0.05) is 24.3 Å². The topological polar surface area (TPSA) is 90.7 Å². The van der Waals surface area contributed by atoms with Crippen LogP contribution >= 0.6 is 0 Å². The number of benzene rings is 1. The molecule has 2 unspecified atom stereocenters. The summed E-state index contributed by atoms with van der Waals surface area (Å²) in [6.45, 7) is 3.96. The number of hydrogen-bond acceptors (Lipinski definition) is 5. The molecule has 0 heterocycles. The van der Waals surface area contributed by atoms with Gasteiger partial charge < -0.3 is 15.2 Å². The average molecular weight is 314 g/mol. The average Bonchev–Trinajstić information content (AvgIpc) is 2.43. The Morgan fingerprint density at radius 2 is 2.00 bits per heavy atom. The van der Waals surface area contributed by atoms with Crippen molar-refractivity contribution in [3.05, 3.63) is 18.2 Å². The van der Waals surface area contributed by atoms with Gasteiger partial charge in [-0.1, -0.05) is 13.8 Å². The van der Waals surface area contributed by atoms with E-state index in [9.17, 15) is 8.42 Å². The van der Waals surface area contributed by atoms with Gasteiger partial charge in [0.05, 0.1) is 13.2 Å². The Hall–Kier alpha value is -1.31. The lowest BCUT2D eigenvalue weighted by Gasteiger charge is -2.50. The van der Waals surface area contributed by atoms with Gasteiger partial charge in [0.2, 0.25) is 10.0 Å². The molecule has 0 aromatic heterocycles. The van der Waals surface area contributed by atoms with Crippen molar-refractivity contribution < 1.29 is 17.9 Å². The maximum absolute atomic E-state index is 12.6. The summed E-state index contributed by atoms with van der Waals surface area (Å²) in [7, 11) is -0.633. The highest BCUT2D eigenvalue weighted by Gasteiger charge is 2.50. The van der Waals surface area contributed by atoms with Crippen LogP contribution in [0.2, 0.25) is 0 Å². The van der Waals surface area contributed by atoms with E-state index in [1.165, 1.54) is 13.2 Å². The highest BCUT2D eigenvalue weighted by atomic mass is 32.2. The van der Waals surface area contributed by atoms with Gasteiger partial charge in [0.25, 0.3) is 0 Å². The molecule has 0 aliphatic heterocycles. The molecule has 1 saturated carbocycles. The number of sulfonamides is 1. The molecule has 0 amide bonds. The van der Waals surface area contributed by atoms with Gasteiger partial charge in [-0.3, -0.25) is 0 Å². The van der Waals surface area contributed by atoms with Crippen LogP contribution in [0.15, 0.2) is 23.1 Å². The van der Waals surface area contributed by atoms with Gasteiger partial charge in [-0.15, -0.1) is 0 Å². The number of anilines is 1. The quantitative estimate of drug-likeness (QED) is 0.801. The monoisotopic (exact) mass is 314 g/mol. The van der Waals surface area contributed by atoms with Crippen LogP contribution in [0.25, 0.3) is 0 Å². The molecule has 21 heavy (non-hydrogen) atoms. The SMILES string of the molecule is COc1ccc(N)cc1S(=O)(=O)NC1CC(OC)C1(C)C. The Bertz CT molecular complexity index is 628. The largest absolute Gasteiger partial charge is 0.495 e. The van der Waals surface area contributed by atoms with Crippen molar-refractivity contribution in [2.24, 2.45) is 5.41 Å². The summed E-state index contributed by atoms with van der Waals surface area (Å²) in [6.07, 6.45) is 0.695. The van der Waals surface area contributed by atoms with E-state index in [4.69, 9.17) is 15.2 Å². The first-order chi connectivity index (χ1) is 9.72.